The van der Waals surface area contributed by atoms with Crippen molar-refractivity contribution < 1.29 is 9.90 Å². The van der Waals surface area contributed by atoms with Gasteiger partial charge in [-0.3, -0.25) is 9.69 Å². The van der Waals surface area contributed by atoms with Crippen molar-refractivity contribution in [3.05, 3.63) is 64.2 Å². The summed E-state index contributed by atoms with van der Waals surface area (Å²) in [6.45, 7) is 5.41. The van der Waals surface area contributed by atoms with Crippen molar-refractivity contribution in [2.45, 2.75) is 32.4 Å². The summed E-state index contributed by atoms with van der Waals surface area (Å²) in [6, 6.07) is 12.2. The number of carbonyl (C=O) groups excluding carboxylic acids is 1. The molecule has 1 atom stereocenters. The van der Waals surface area contributed by atoms with Crippen LogP contribution in [-0.4, -0.2) is 53.1 Å². The number of nitrogen functional groups attached to an aromatic ring is 1. The number of β-amino-alcohol motifs (C(OH)–C–C–N with tert-alkyl or cyclic N) is 1. The highest BCUT2D eigenvalue weighted by molar-refractivity contribution is 5.98. The summed E-state index contributed by atoms with van der Waals surface area (Å²) >= 11 is 0. The van der Waals surface area contributed by atoms with Crippen LogP contribution in [0.1, 0.15) is 32.6 Å². The molecule has 0 spiro atoms. The number of rotatable bonds is 4. The van der Waals surface area contributed by atoms with E-state index < -0.39 is 6.10 Å². The minimum Gasteiger partial charge on any atom is -0.399 e. The monoisotopic (exact) mass is 365 g/mol. The zero-order valence-corrected chi connectivity index (χ0v) is 15.8. The van der Waals surface area contributed by atoms with Crippen molar-refractivity contribution in [2.75, 3.05) is 31.9 Å². The van der Waals surface area contributed by atoms with Gasteiger partial charge in [-0.1, -0.05) is 24.3 Å². The first-order valence-corrected chi connectivity index (χ1v) is 9.66. The highest BCUT2D eigenvalue weighted by atomic mass is 16.3. The van der Waals surface area contributed by atoms with Crippen LogP contribution in [0.5, 0.6) is 0 Å². The Labute approximate surface area is 160 Å². The van der Waals surface area contributed by atoms with Crippen LogP contribution in [0.4, 0.5) is 5.69 Å². The lowest BCUT2D eigenvalue weighted by molar-refractivity contribution is 0.0492. The molecule has 142 valence electrons. The van der Waals surface area contributed by atoms with Crippen LogP contribution < -0.4 is 5.73 Å². The Hall–Kier alpha value is -2.37. The lowest BCUT2D eigenvalue weighted by Crippen LogP contribution is -2.46. The molecule has 27 heavy (non-hydrogen) atoms. The minimum absolute atomic E-state index is 0.0188. The normalized spacial score (nSPS) is 18.1. The fourth-order valence-corrected chi connectivity index (χ4v) is 4.38. The highest BCUT2D eigenvalue weighted by Crippen LogP contribution is 2.25. The van der Waals surface area contributed by atoms with Gasteiger partial charge in [0.2, 0.25) is 0 Å². The first kappa shape index (κ1) is 18.0. The molecule has 0 aromatic heterocycles. The van der Waals surface area contributed by atoms with Crippen molar-refractivity contribution in [1.82, 2.24) is 9.80 Å². The van der Waals surface area contributed by atoms with Gasteiger partial charge in [-0.2, -0.15) is 0 Å². The number of nitrogens with two attached hydrogens (primary N) is 1. The second-order valence-electron chi connectivity index (χ2n) is 7.77. The summed E-state index contributed by atoms with van der Waals surface area (Å²) < 4.78 is 0. The van der Waals surface area contributed by atoms with Crippen molar-refractivity contribution in [3.63, 3.8) is 0 Å². The predicted molar refractivity (Wildman–Crippen MR) is 107 cm³/mol. The second-order valence-corrected chi connectivity index (χ2v) is 7.77. The predicted octanol–water partition coefficient (Wildman–Crippen LogP) is 1.99. The number of benzene rings is 2. The summed E-state index contributed by atoms with van der Waals surface area (Å²) in [5, 5.41) is 10.6. The molecule has 5 nitrogen and oxygen atoms in total. The number of hydrogen-bond donors (Lipinski definition) is 2. The third-order valence-electron chi connectivity index (χ3n) is 5.75. The quantitative estimate of drug-likeness (QED) is 0.813. The molecule has 0 saturated carbocycles. The van der Waals surface area contributed by atoms with E-state index in [4.69, 9.17) is 5.73 Å². The minimum atomic E-state index is -0.553. The summed E-state index contributed by atoms with van der Waals surface area (Å²) in [5.74, 6) is -0.0188. The third-order valence-corrected chi connectivity index (χ3v) is 5.75. The number of aliphatic hydroxyl groups is 1. The number of aryl methyl sites for hydroxylation is 1. The van der Waals surface area contributed by atoms with Gasteiger partial charge >= 0.3 is 0 Å². The van der Waals surface area contributed by atoms with Gasteiger partial charge in [0.1, 0.15) is 0 Å². The van der Waals surface area contributed by atoms with Crippen molar-refractivity contribution >= 4 is 11.6 Å². The number of nitrogens with zero attached hydrogens (tertiary/aromatic N) is 2. The zero-order chi connectivity index (χ0) is 19.0. The molecule has 5 heteroatoms. The van der Waals surface area contributed by atoms with E-state index in [1.807, 2.05) is 13.0 Å². The van der Waals surface area contributed by atoms with E-state index in [1.54, 1.807) is 11.0 Å². The van der Waals surface area contributed by atoms with E-state index in [1.165, 1.54) is 11.1 Å². The number of anilines is 1. The second kappa shape index (κ2) is 7.33. The maximum absolute atomic E-state index is 12.9. The Morgan fingerprint density at radius 3 is 2.70 bits per heavy atom. The smallest absolute Gasteiger partial charge is 0.254 e. The first-order valence-electron chi connectivity index (χ1n) is 9.66. The lowest BCUT2D eigenvalue weighted by Gasteiger charge is -2.34. The van der Waals surface area contributed by atoms with Crippen LogP contribution in [0.2, 0.25) is 0 Å². The maximum Gasteiger partial charge on any atom is 0.254 e. The molecule has 0 fully saturated rings. The Bertz CT molecular complexity index is 865. The van der Waals surface area contributed by atoms with E-state index in [0.29, 0.717) is 30.9 Å². The Kier molecular flexibility index (Phi) is 4.89. The molecule has 3 N–H and O–H groups in total. The average molecular weight is 365 g/mol. The standard InChI is InChI=1S/C22H27N3O2/c1-15-10-18(23)11-21-20(15)7-9-25(22(21)27)14-19(26)13-24-8-6-16-4-2-3-5-17(16)12-24/h2-5,10-11,19,26H,6-9,12-14,23H2,1H3. The Morgan fingerprint density at radius 1 is 1.11 bits per heavy atom. The van der Waals surface area contributed by atoms with E-state index in [2.05, 4.69) is 29.2 Å². The van der Waals surface area contributed by atoms with Gasteiger partial charge in [-0.25, -0.2) is 0 Å². The van der Waals surface area contributed by atoms with Crippen LogP contribution in [0.15, 0.2) is 36.4 Å². The van der Waals surface area contributed by atoms with Crippen LogP contribution in [0.3, 0.4) is 0 Å². The fraction of sp³-hybridized carbons (Fsp3) is 0.409. The number of amides is 1. The average Bonchev–Trinajstić information content (AvgIpc) is 2.64. The molecular formula is C22H27N3O2. The van der Waals surface area contributed by atoms with E-state index in [9.17, 15) is 9.90 Å². The van der Waals surface area contributed by atoms with Gasteiger partial charge in [0, 0.05) is 44.0 Å². The zero-order valence-electron chi connectivity index (χ0n) is 15.8. The number of fused-ring (bicyclic) bond motifs is 2. The number of carbonyl (C=O) groups is 1. The van der Waals surface area contributed by atoms with Crippen molar-refractivity contribution in [1.29, 1.82) is 0 Å². The highest BCUT2D eigenvalue weighted by Gasteiger charge is 2.28. The Morgan fingerprint density at radius 2 is 1.89 bits per heavy atom. The van der Waals surface area contributed by atoms with Crippen molar-refractivity contribution in [2.24, 2.45) is 0 Å². The van der Waals surface area contributed by atoms with Gasteiger partial charge in [0.15, 0.2) is 0 Å². The Balaban J connectivity index is 1.39. The molecular weight excluding hydrogens is 338 g/mol. The van der Waals surface area contributed by atoms with Crippen LogP contribution in [-0.2, 0) is 19.4 Å². The van der Waals surface area contributed by atoms with Gasteiger partial charge in [-0.05, 0) is 54.2 Å². The molecule has 2 aromatic carbocycles. The first-order chi connectivity index (χ1) is 13.0. The molecule has 0 saturated heterocycles. The summed E-state index contributed by atoms with van der Waals surface area (Å²) in [7, 11) is 0. The van der Waals surface area contributed by atoms with E-state index in [-0.39, 0.29) is 5.91 Å². The van der Waals surface area contributed by atoms with Gasteiger partial charge in [0.25, 0.3) is 5.91 Å². The largest absolute Gasteiger partial charge is 0.399 e. The molecule has 0 radical (unpaired) electrons. The third kappa shape index (κ3) is 3.70. The topological polar surface area (TPSA) is 69.8 Å². The van der Waals surface area contributed by atoms with Crippen LogP contribution in [0, 0.1) is 6.92 Å². The molecule has 2 aromatic rings. The van der Waals surface area contributed by atoms with E-state index in [0.717, 1.165) is 37.1 Å². The molecule has 0 bridgehead atoms. The summed E-state index contributed by atoms with van der Waals surface area (Å²) in [5.41, 5.74) is 12.1. The van der Waals surface area contributed by atoms with Gasteiger partial charge in [-0.15, -0.1) is 0 Å². The maximum atomic E-state index is 12.9. The lowest BCUT2D eigenvalue weighted by atomic mass is 9.93. The molecule has 4 rings (SSSR count). The van der Waals surface area contributed by atoms with Crippen LogP contribution in [0.25, 0.3) is 0 Å². The SMILES string of the molecule is Cc1cc(N)cc2c1CCN(CC(O)CN1CCc3ccccc3C1)C2=O. The number of hydrogen-bond acceptors (Lipinski definition) is 4. The summed E-state index contributed by atoms with van der Waals surface area (Å²) in [6.07, 6.45) is 1.27. The van der Waals surface area contributed by atoms with Crippen LogP contribution >= 0.6 is 0 Å². The summed E-state index contributed by atoms with van der Waals surface area (Å²) in [4.78, 5) is 16.9. The molecule has 0 aliphatic carbocycles. The van der Waals surface area contributed by atoms with Gasteiger partial charge in [0.05, 0.1) is 6.10 Å². The van der Waals surface area contributed by atoms with Crippen molar-refractivity contribution in [3.8, 4) is 0 Å². The number of aliphatic hydroxyl groups excluding tert-OH is 1. The molecule has 2 aliphatic heterocycles. The molecule has 2 aliphatic rings. The molecule has 1 amide bonds. The fourth-order valence-electron chi connectivity index (χ4n) is 4.38. The molecule has 2 heterocycles. The molecule has 1 unspecified atom stereocenters. The van der Waals surface area contributed by atoms with Gasteiger partial charge < -0.3 is 15.7 Å². The van der Waals surface area contributed by atoms with E-state index >= 15 is 0 Å².